The van der Waals surface area contributed by atoms with E-state index < -0.39 is 0 Å². The van der Waals surface area contributed by atoms with Gasteiger partial charge in [0, 0.05) is 23.6 Å². The van der Waals surface area contributed by atoms with Gasteiger partial charge in [0.1, 0.15) is 5.82 Å². The minimum Gasteiger partial charge on any atom is -0.350 e. The van der Waals surface area contributed by atoms with Crippen LogP contribution in [0.5, 0.6) is 0 Å². The van der Waals surface area contributed by atoms with Gasteiger partial charge in [0.25, 0.3) is 5.91 Å². The number of rotatable bonds is 5. The van der Waals surface area contributed by atoms with E-state index in [1.807, 2.05) is 6.07 Å². The highest BCUT2D eigenvalue weighted by Gasteiger charge is 2.14. The Labute approximate surface area is 160 Å². The fourth-order valence-electron chi connectivity index (χ4n) is 2.59. The molecule has 3 aromatic rings. The van der Waals surface area contributed by atoms with Gasteiger partial charge in [-0.25, -0.2) is 4.39 Å². The molecule has 3 rings (SSSR count). The smallest absolute Gasteiger partial charge is 0.271 e. The van der Waals surface area contributed by atoms with Crippen LogP contribution in [-0.2, 0) is 13.5 Å². The van der Waals surface area contributed by atoms with Gasteiger partial charge >= 0.3 is 0 Å². The Morgan fingerprint density at radius 2 is 1.88 bits per heavy atom. The van der Waals surface area contributed by atoms with Crippen LogP contribution in [0.4, 0.5) is 4.39 Å². The van der Waals surface area contributed by atoms with Gasteiger partial charge in [0.05, 0.1) is 5.69 Å². The van der Waals surface area contributed by atoms with E-state index in [-0.39, 0.29) is 11.7 Å². The van der Waals surface area contributed by atoms with Crippen molar-refractivity contribution in [3.8, 4) is 11.3 Å². The molecule has 26 heavy (non-hydrogen) atoms. The Morgan fingerprint density at radius 1 is 1.15 bits per heavy atom. The maximum Gasteiger partial charge on any atom is 0.271 e. The average Bonchev–Trinajstić information content (AvgIpc) is 2.99. The largest absolute Gasteiger partial charge is 0.350 e. The monoisotopic (exact) mass is 391 g/mol. The molecule has 1 amide bonds. The van der Waals surface area contributed by atoms with Crippen LogP contribution in [0, 0.1) is 5.82 Å². The topological polar surface area (TPSA) is 46.9 Å². The summed E-state index contributed by atoms with van der Waals surface area (Å²) in [6.45, 7) is 0.419. The normalized spacial score (nSPS) is 10.8. The maximum absolute atomic E-state index is 13.1. The standard InChI is InChI=1S/C19H16Cl2FN3O/c1-25-18(13-3-6-15(22)7-4-13)11-17(24-25)19(26)23-9-8-12-2-5-14(20)10-16(12)21/h2-7,10-11H,8-9H2,1H3,(H,23,26). The number of nitrogens with zero attached hydrogens (tertiary/aromatic N) is 2. The van der Waals surface area contributed by atoms with Crippen molar-refractivity contribution in [2.45, 2.75) is 6.42 Å². The molecular weight excluding hydrogens is 376 g/mol. The van der Waals surface area contributed by atoms with E-state index in [1.165, 1.54) is 12.1 Å². The molecule has 0 aliphatic heterocycles. The second kappa shape index (κ2) is 7.89. The molecule has 2 aromatic carbocycles. The number of carbonyl (C=O) groups is 1. The maximum atomic E-state index is 13.1. The first-order chi connectivity index (χ1) is 12.4. The molecule has 0 radical (unpaired) electrons. The zero-order valence-corrected chi connectivity index (χ0v) is 15.5. The van der Waals surface area contributed by atoms with Crippen LogP contribution < -0.4 is 5.32 Å². The van der Waals surface area contributed by atoms with Crippen LogP contribution in [0.25, 0.3) is 11.3 Å². The van der Waals surface area contributed by atoms with Crippen molar-refractivity contribution in [1.29, 1.82) is 0 Å². The lowest BCUT2D eigenvalue weighted by Gasteiger charge is -2.06. The molecule has 0 spiro atoms. The second-order valence-corrected chi connectivity index (χ2v) is 6.63. The van der Waals surface area contributed by atoms with E-state index in [1.54, 1.807) is 42.1 Å². The Morgan fingerprint density at radius 3 is 2.58 bits per heavy atom. The molecule has 0 aliphatic rings. The predicted octanol–water partition coefficient (Wildman–Crippen LogP) is 4.51. The molecule has 0 saturated carbocycles. The number of carbonyl (C=O) groups excluding carboxylic acids is 1. The van der Waals surface area contributed by atoms with Crippen molar-refractivity contribution >= 4 is 29.1 Å². The first kappa shape index (κ1) is 18.4. The van der Waals surface area contributed by atoms with E-state index in [0.29, 0.717) is 28.7 Å². The van der Waals surface area contributed by atoms with Crippen molar-refractivity contribution in [3.63, 3.8) is 0 Å². The van der Waals surface area contributed by atoms with Gasteiger partial charge in [-0.15, -0.1) is 0 Å². The summed E-state index contributed by atoms with van der Waals surface area (Å²) in [6, 6.07) is 13.0. The first-order valence-electron chi connectivity index (χ1n) is 7.96. The Balaban J connectivity index is 1.65. The van der Waals surface area contributed by atoms with Gasteiger partial charge in [0.15, 0.2) is 5.69 Å². The number of aromatic nitrogens is 2. The van der Waals surface area contributed by atoms with Gasteiger partial charge in [-0.05, 0) is 60.0 Å². The molecule has 1 aromatic heterocycles. The highest BCUT2D eigenvalue weighted by molar-refractivity contribution is 6.35. The van der Waals surface area contributed by atoms with Crippen molar-refractivity contribution in [1.82, 2.24) is 15.1 Å². The van der Waals surface area contributed by atoms with Crippen molar-refractivity contribution in [2.24, 2.45) is 7.05 Å². The lowest BCUT2D eigenvalue weighted by atomic mass is 10.1. The van der Waals surface area contributed by atoms with E-state index in [4.69, 9.17) is 23.2 Å². The molecule has 134 valence electrons. The molecule has 1 N–H and O–H groups in total. The van der Waals surface area contributed by atoms with Crippen LogP contribution in [0.15, 0.2) is 48.5 Å². The number of hydrogen-bond donors (Lipinski definition) is 1. The summed E-state index contributed by atoms with van der Waals surface area (Å²) < 4.78 is 14.7. The average molecular weight is 392 g/mol. The number of hydrogen-bond acceptors (Lipinski definition) is 2. The fourth-order valence-corrected chi connectivity index (χ4v) is 3.10. The molecule has 0 fully saturated rings. The summed E-state index contributed by atoms with van der Waals surface area (Å²) in [5.41, 5.74) is 2.72. The summed E-state index contributed by atoms with van der Waals surface area (Å²) in [4.78, 5) is 12.3. The number of halogens is 3. The summed E-state index contributed by atoms with van der Waals surface area (Å²) in [6.07, 6.45) is 0.583. The minimum absolute atomic E-state index is 0.279. The van der Waals surface area contributed by atoms with Crippen molar-refractivity contribution < 1.29 is 9.18 Å². The third-order valence-corrected chi connectivity index (χ3v) is 4.53. The molecule has 0 saturated heterocycles. The van der Waals surface area contributed by atoms with Gasteiger partial charge < -0.3 is 5.32 Å². The van der Waals surface area contributed by atoms with Crippen LogP contribution >= 0.6 is 23.2 Å². The second-order valence-electron chi connectivity index (χ2n) is 5.79. The number of nitrogens with one attached hydrogen (secondary N) is 1. The van der Waals surface area contributed by atoms with E-state index in [9.17, 15) is 9.18 Å². The number of amides is 1. The van der Waals surface area contributed by atoms with Gasteiger partial charge in [-0.1, -0.05) is 29.3 Å². The fraction of sp³-hybridized carbons (Fsp3) is 0.158. The summed E-state index contributed by atoms with van der Waals surface area (Å²) in [5.74, 6) is -0.589. The predicted molar refractivity (Wildman–Crippen MR) is 101 cm³/mol. The Hall–Kier alpha value is -2.37. The molecule has 0 atom stereocenters. The minimum atomic E-state index is -0.310. The summed E-state index contributed by atoms with van der Waals surface area (Å²) in [5, 5.41) is 8.20. The van der Waals surface area contributed by atoms with Gasteiger partial charge in [-0.2, -0.15) is 5.10 Å². The molecule has 7 heteroatoms. The quantitative estimate of drug-likeness (QED) is 0.695. The molecule has 0 aliphatic carbocycles. The highest BCUT2D eigenvalue weighted by Crippen LogP contribution is 2.22. The Bertz CT molecular complexity index is 938. The Kier molecular flexibility index (Phi) is 5.59. The molecule has 1 heterocycles. The molecular formula is C19H16Cl2FN3O. The molecule has 0 bridgehead atoms. The van der Waals surface area contributed by atoms with Crippen molar-refractivity contribution in [3.05, 3.63) is 75.7 Å². The third kappa shape index (κ3) is 4.23. The van der Waals surface area contributed by atoms with E-state index in [2.05, 4.69) is 10.4 Å². The lowest BCUT2D eigenvalue weighted by molar-refractivity contribution is 0.0948. The zero-order chi connectivity index (χ0) is 18.7. The number of benzene rings is 2. The third-order valence-electron chi connectivity index (χ3n) is 3.95. The summed E-state index contributed by atoms with van der Waals surface area (Å²) >= 11 is 12.0. The van der Waals surface area contributed by atoms with E-state index >= 15 is 0 Å². The SMILES string of the molecule is Cn1nc(C(=O)NCCc2ccc(Cl)cc2Cl)cc1-c1ccc(F)cc1. The van der Waals surface area contributed by atoms with Crippen LogP contribution in [0.1, 0.15) is 16.1 Å². The number of aryl methyl sites for hydroxylation is 1. The van der Waals surface area contributed by atoms with Gasteiger partial charge in [-0.3, -0.25) is 9.48 Å². The van der Waals surface area contributed by atoms with Crippen LogP contribution in [0.2, 0.25) is 10.0 Å². The van der Waals surface area contributed by atoms with Crippen LogP contribution in [-0.4, -0.2) is 22.2 Å². The van der Waals surface area contributed by atoms with E-state index in [0.717, 1.165) is 16.8 Å². The lowest BCUT2D eigenvalue weighted by Crippen LogP contribution is -2.26. The molecule has 0 unspecified atom stereocenters. The highest BCUT2D eigenvalue weighted by atomic mass is 35.5. The first-order valence-corrected chi connectivity index (χ1v) is 8.72. The van der Waals surface area contributed by atoms with Gasteiger partial charge in [0.2, 0.25) is 0 Å². The molecule has 4 nitrogen and oxygen atoms in total. The van der Waals surface area contributed by atoms with Crippen LogP contribution in [0.3, 0.4) is 0 Å². The zero-order valence-electron chi connectivity index (χ0n) is 14.0. The van der Waals surface area contributed by atoms with Crippen molar-refractivity contribution in [2.75, 3.05) is 6.54 Å². The summed E-state index contributed by atoms with van der Waals surface area (Å²) in [7, 11) is 1.74.